The summed E-state index contributed by atoms with van der Waals surface area (Å²) in [5, 5.41) is 2.80. The number of benzene rings is 3. The number of nitrogens with one attached hydrogen (secondary N) is 1. The van der Waals surface area contributed by atoms with Gasteiger partial charge in [0.15, 0.2) is 6.29 Å². The molecule has 0 saturated carbocycles. The summed E-state index contributed by atoms with van der Waals surface area (Å²) in [4.78, 5) is 59.3. The molecular weight excluding hydrogens is 646 g/mol. The Bertz CT molecular complexity index is 1670. The van der Waals surface area contributed by atoms with Crippen LogP contribution in [0.3, 0.4) is 0 Å². The Morgan fingerprint density at radius 3 is 2.10 bits per heavy atom. The Morgan fingerprint density at radius 2 is 1.51 bits per heavy atom. The quantitative estimate of drug-likeness (QED) is 0.0885. The van der Waals surface area contributed by atoms with Gasteiger partial charge in [-0.2, -0.15) is 0 Å². The van der Waals surface area contributed by atoms with Gasteiger partial charge in [0.25, 0.3) is 0 Å². The molecule has 0 radical (unpaired) electrons. The highest BCUT2D eigenvalue weighted by atomic mass is 16.5. The van der Waals surface area contributed by atoms with Crippen LogP contribution in [-0.2, 0) is 49.2 Å². The molecule has 1 heterocycles. The zero-order chi connectivity index (χ0) is 36.5. The number of aromatic nitrogens is 2. The van der Waals surface area contributed by atoms with Crippen LogP contribution in [0.2, 0.25) is 0 Å². The Balaban J connectivity index is 1.55. The third-order valence-electron chi connectivity index (χ3n) is 9.01. The zero-order valence-corrected chi connectivity index (χ0v) is 29.5. The molecule has 51 heavy (non-hydrogen) atoms. The number of carbonyl (C=O) groups is 4. The molecule has 3 N–H and O–H groups in total. The van der Waals surface area contributed by atoms with Gasteiger partial charge in [-0.1, -0.05) is 97.4 Å². The van der Waals surface area contributed by atoms with E-state index in [-0.39, 0.29) is 26.4 Å². The molecule has 0 spiro atoms. The summed E-state index contributed by atoms with van der Waals surface area (Å²) in [6.07, 6.45) is 6.69. The molecule has 4 aromatic rings. The summed E-state index contributed by atoms with van der Waals surface area (Å²) in [7, 11) is 0. The molecule has 0 fully saturated rings. The number of ether oxygens (including phenoxy) is 2. The largest absolute Gasteiger partial charge is 0.445 e. The molecule has 3 aromatic carbocycles. The number of alkyl carbamates (subject to hydrolysis) is 1. The first kappa shape index (κ1) is 38.7. The number of imide groups is 1. The maximum atomic E-state index is 14.2. The average Bonchev–Trinajstić information content (AvgIpc) is 3.57. The van der Waals surface area contributed by atoms with Crippen molar-refractivity contribution in [1.29, 1.82) is 0 Å². The molecule has 4 rings (SSSR count). The molecule has 1 unspecified atom stereocenters. The van der Waals surface area contributed by atoms with Gasteiger partial charge < -0.3 is 29.9 Å². The van der Waals surface area contributed by atoms with Crippen LogP contribution in [0.5, 0.6) is 0 Å². The number of nitrogens with two attached hydrogens (primary N) is 1. The zero-order valence-electron chi connectivity index (χ0n) is 29.5. The Labute approximate surface area is 300 Å². The van der Waals surface area contributed by atoms with E-state index in [0.717, 1.165) is 34.8 Å². The average molecular weight is 696 g/mol. The third-order valence-corrected chi connectivity index (χ3v) is 9.01. The maximum Gasteiger partial charge on any atom is 0.407 e. The standard InChI is InChI=1S/C40H49N5O6/c1-31-42-24-26-44(31)25-13-12-21-36(22-14-23-43-39(49)51-28-34-17-8-4-9-18-34)40(30-46,35-19-10-5-11-20-35)45(32(2)47)38(48)37(41)29-50-27-33-15-6-3-7-16-33/h3-11,15-20,24,26,30,36-37H,12-14,21-23,25,27-29,41H2,1-2H3,(H,43,49)/t36?,37-,40-/m0/s1. The van der Waals surface area contributed by atoms with E-state index in [1.807, 2.05) is 79.9 Å². The molecule has 0 aliphatic carbocycles. The summed E-state index contributed by atoms with van der Waals surface area (Å²) in [6.45, 7) is 4.44. The third kappa shape index (κ3) is 10.9. The van der Waals surface area contributed by atoms with Crippen molar-refractivity contribution in [2.24, 2.45) is 11.7 Å². The van der Waals surface area contributed by atoms with Crippen LogP contribution in [-0.4, -0.2) is 57.8 Å². The van der Waals surface area contributed by atoms with E-state index in [9.17, 15) is 19.2 Å². The van der Waals surface area contributed by atoms with Gasteiger partial charge in [0, 0.05) is 32.4 Å². The number of aryl methyl sites for hydroxylation is 2. The molecule has 0 bridgehead atoms. The molecular formula is C40H49N5O6. The highest BCUT2D eigenvalue weighted by molar-refractivity contribution is 6.01. The number of rotatable bonds is 20. The van der Waals surface area contributed by atoms with E-state index in [1.165, 1.54) is 6.92 Å². The van der Waals surface area contributed by atoms with Crippen molar-refractivity contribution in [1.82, 2.24) is 19.8 Å². The van der Waals surface area contributed by atoms with Gasteiger partial charge in [-0.25, -0.2) is 9.78 Å². The minimum atomic E-state index is -1.67. The molecule has 0 aliphatic rings. The van der Waals surface area contributed by atoms with Gasteiger partial charge in [0.05, 0.1) is 13.2 Å². The highest BCUT2D eigenvalue weighted by Gasteiger charge is 2.50. The summed E-state index contributed by atoms with van der Waals surface area (Å²) in [5.41, 5.74) is 7.03. The first-order valence-electron chi connectivity index (χ1n) is 17.4. The summed E-state index contributed by atoms with van der Waals surface area (Å²) >= 11 is 0. The topological polar surface area (TPSA) is 146 Å². The number of imidazole rings is 1. The van der Waals surface area contributed by atoms with Crippen LogP contribution in [0.4, 0.5) is 4.79 Å². The summed E-state index contributed by atoms with van der Waals surface area (Å²) in [5.74, 6) is -0.905. The lowest BCUT2D eigenvalue weighted by molar-refractivity contribution is -0.160. The molecule has 0 saturated heterocycles. The molecule has 11 heteroatoms. The molecule has 1 aromatic heterocycles. The van der Waals surface area contributed by atoms with E-state index in [2.05, 4.69) is 14.9 Å². The molecule has 3 amide bonds. The molecule has 3 atom stereocenters. The van der Waals surface area contributed by atoms with Gasteiger partial charge in [-0.3, -0.25) is 14.5 Å². The number of amides is 3. The first-order chi connectivity index (χ1) is 24.8. The van der Waals surface area contributed by atoms with Crippen molar-refractivity contribution in [3.63, 3.8) is 0 Å². The van der Waals surface area contributed by atoms with Gasteiger partial charge in [-0.15, -0.1) is 0 Å². The second-order valence-electron chi connectivity index (χ2n) is 12.6. The Kier molecular flexibility index (Phi) is 15.1. The van der Waals surface area contributed by atoms with E-state index in [4.69, 9.17) is 15.2 Å². The Hall–Kier alpha value is -5.13. The lowest BCUT2D eigenvalue weighted by Gasteiger charge is -2.45. The summed E-state index contributed by atoms with van der Waals surface area (Å²) in [6, 6.07) is 26.6. The predicted molar refractivity (Wildman–Crippen MR) is 194 cm³/mol. The predicted octanol–water partition coefficient (Wildman–Crippen LogP) is 5.70. The monoisotopic (exact) mass is 695 g/mol. The fourth-order valence-electron chi connectivity index (χ4n) is 6.39. The SMILES string of the molecule is CC(=O)N(C(=O)[C@@H](N)COCc1ccccc1)[C@@](C=O)(c1ccccc1)C(CCCCn1ccnc1C)CCCNC(=O)OCc1ccccc1. The second kappa shape index (κ2) is 19.9. The number of hydrogen-bond acceptors (Lipinski definition) is 8. The molecule has 0 aliphatic heterocycles. The number of aldehydes is 1. The maximum absolute atomic E-state index is 14.2. The van der Waals surface area contributed by atoms with Crippen molar-refractivity contribution in [2.75, 3.05) is 13.2 Å². The van der Waals surface area contributed by atoms with Crippen molar-refractivity contribution in [3.05, 3.63) is 126 Å². The van der Waals surface area contributed by atoms with Gasteiger partial charge in [0.1, 0.15) is 24.0 Å². The minimum Gasteiger partial charge on any atom is -0.445 e. The molecule has 270 valence electrons. The van der Waals surface area contributed by atoms with Crippen LogP contribution in [0.15, 0.2) is 103 Å². The van der Waals surface area contributed by atoms with Crippen molar-refractivity contribution >= 4 is 24.2 Å². The van der Waals surface area contributed by atoms with E-state index >= 15 is 0 Å². The first-order valence-corrected chi connectivity index (χ1v) is 17.4. The Morgan fingerprint density at radius 1 is 0.902 bits per heavy atom. The van der Waals surface area contributed by atoms with Crippen molar-refractivity contribution in [3.8, 4) is 0 Å². The van der Waals surface area contributed by atoms with Crippen LogP contribution < -0.4 is 11.1 Å². The van der Waals surface area contributed by atoms with Crippen LogP contribution in [0.25, 0.3) is 0 Å². The smallest absolute Gasteiger partial charge is 0.407 e. The fraction of sp³-hybridized carbons (Fsp3) is 0.375. The number of carbonyl (C=O) groups excluding carboxylic acids is 4. The van der Waals surface area contributed by atoms with Gasteiger partial charge in [-0.05, 0) is 55.2 Å². The minimum absolute atomic E-state index is 0.138. The van der Waals surface area contributed by atoms with Gasteiger partial charge >= 0.3 is 6.09 Å². The van der Waals surface area contributed by atoms with Gasteiger partial charge in [0.2, 0.25) is 11.8 Å². The highest BCUT2D eigenvalue weighted by Crippen LogP contribution is 2.41. The van der Waals surface area contributed by atoms with Crippen LogP contribution >= 0.6 is 0 Å². The number of hydrogen-bond donors (Lipinski definition) is 2. The van der Waals surface area contributed by atoms with Crippen molar-refractivity contribution in [2.45, 2.75) is 77.3 Å². The normalized spacial score (nSPS) is 13.4. The number of nitrogens with zero attached hydrogens (tertiary/aromatic N) is 3. The van der Waals surface area contributed by atoms with Crippen LogP contribution in [0.1, 0.15) is 61.5 Å². The lowest BCUT2D eigenvalue weighted by atomic mass is 9.72. The molecule has 11 nitrogen and oxygen atoms in total. The van der Waals surface area contributed by atoms with Crippen molar-refractivity contribution < 1.29 is 28.7 Å². The summed E-state index contributed by atoms with van der Waals surface area (Å²) < 4.78 is 13.2. The van der Waals surface area contributed by atoms with E-state index in [0.29, 0.717) is 37.5 Å². The fourth-order valence-corrected chi connectivity index (χ4v) is 6.39. The second-order valence-corrected chi connectivity index (χ2v) is 12.6. The number of unbranched alkanes of at least 4 members (excludes halogenated alkanes) is 1. The lowest BCUT2D eigenvalue weighted by Crippen LogP contribution is -2.61. The van der Waals surface area contributed by atoms with Crippen LogP contribution in [0, 0.1) is 12.8 Å². The van der Waals surface area contributed by atoms with E-state index < -0.39 is 35.4 Å². The van der Waals surface area contributed by atoms with E-state index in [1.54, 1.807) is 30.5 Å².